The van der Waals surface area contributed by atoms with Gasteiger partial charge in [0.25, 0.3) is 0 Å². The molecular formula is C36H31Br2O3P. The smallest absolute Gasteiger partial charge is 0.346 e. The average Bonchev–Trinajstić information content (AvgIpc) is 3.04. The number of benzene rings is 5. The molecule has 0 atom stereocenters. The van der Waals surface area contributed by atoms with E-state index in [1.165, 1.54) is 15.9 Å². The van der Waals surface area contributed by atoms with Crippen molar-refractivity contribution >= 4 is 51.0 Å². The largest absolute Gasteiger partial charge is 1.00 e. The highest BCUT2D eigenvalue weighted by atomic mass is 79.9. The van der Waals surface area contributed by atoms with Gasteiger partial charge in [-0.1, -0.05) is 94.8 Å². The summed E-state index contributed by atoms with van der Waals surface area (Å²) in [6, 6.07) is 47.0. The minimum atomic E-state index is -1.95. The van der Waals surface area contributed by atoms with Crippen LogP contribution >= 0.6 is 23.2 Å². The van der Waals surface area contributed by atoms with E-state index in [4.69, 9.17) is 4.74 Å². The van der Waals surface area contributed by atoms with E-state index in [9.17, 15) is 9.59 Å². The summed E-state index contributed by atoms with van der Waals surface area (Å²) in [4.78, 5) is 25.3. The van der Waals surface area contributed by atoms with Crippen LogP contribution in [0.5, 0.6) is 0 Å². The van der Waals surface area contributed by atoms with Gasteiger partial charge in [0.2, 0.25) is 0 Å². The van der Waals surface area contributed by atoms with Crippen LogP contribution in [0.3, 0.4) is 0 Å². The first-order valence-electron chi connectivity index (χ1n) is 13.7. The molecule has 0 aromatic heterocycles. The Labute approximate surface area is 267 Å². The highest BCUT2D eigenvalue weighted by Crippen LogP contribution is 2.55. The number of halogens is 2. The van der Waals surface area contributed by atoms with E-state index in [0.717, 1.165) is 35.5 Å². The van der Waals surface area contributed by atoms with E-state index < -0.39 is 19.2 Å². The fraction of sp³-hybridized carbons (Fsp3) is 0.111. The summed E-state index contributed by atoms with van der Waals surface area (Å²) in [6.45, 7) is 0. The van der Waals surface area contributed by atoms with Gasteiger partial charge in [0.05, 0.1) is 17.3 Å². The Balaban J connectivity index is 0.00000405. The number of esters is 2. The van der Waals surface area contributed by atoms with Crippen molar-refractivity contribution in [2.45, 2.75) is 12.8 Å². The van der Waals surface area contributed by atoms with Crippen molar-refractivity contribution < 1.29 is 31.3 Å². The SMILES string of the molecule is O=C(OC(=O)c1ccc(CC[P+](c2ccccc2)(c2ccccc2)c2ccccc2)cc1)c1ccc(CCBr)cc1.[Br-]. The van der Waals surface area contributed by atoms with Crippen LogP contribution < -0.4 is 32.9 Å². The number of hydrogen-bond donors (Lipinski definition) is 0. The molecule has 5 rings (SSSR count). The molecule has 212 valence electrons. The Morgan fingerprint density at radius 2 is 0.881 bits per heavy atom. The summed E-state index contributed by atoms with van der Waals surface area (Å²) in [6.07, 6.45) is 2.64. The summed E-state index contributed by atoms with van der Waals surface area (Å²) in [5.74, 6) is -1.29. The minimum Gasteiger partial charge on any atom is -1.00 e. The number of rotatable bonds is 10. The Bertz CT molecular complexity index is 1480. The molecule has 0 heterocycles. The van der Waals surface area contributed by atoms with E-state index in [1.807, 2.05) is 24.3 Å². The third-order valence-corrected chi connectivity index (χ3v) is 12.1. The monoisotopic (exact) mass is 700 g/mol. The zero-order chi connectivity index (χ0) is 28.5. The number of ether oxygens (including phenoxy) is 1. The van der Waals surface area contributed by atoms with Crippen molar-refractivity contribution in [1.29, 1.82) is 0 Å². The predicted molar refractivity (Wildman–Crippen MR) is 174 cm³/mol. The van der Waals surface area contributed by atoms with E-state index in [2.05, 4.69) is 107 Å². The highest BCUT2D eigenvalue weighted by molar-refractivity contribution is 9.09. The summed E-state index contributed by atoms with van der Waals surface area (Å²) < 4.78 is 5.17. The second-order valence-corrected chi connectivity index (χ2v) is 14.2. The fourth-order valence-electron chi connectivity index (χ4n) is 5.10. The molecule has 0 radical (unpaired) electrons. The first-order valence-corrected chi connectivity index (χ1v) is 16.7. The predicted octanol–water partition coefficient (Wildman–Crippen LogP) is 4.16. The third-order valence-electron chi connectivity index (χ3n) is 7.27. The van der Waals surface area contributed by atoms with Gasteiger partial charge in [-0.15, -0.1) is 0 Å². The first-order chi connectivity index (χ1) is 20.1. The van der Waals surface area contributed by atoms with Gasteiger partial charge in [0, 0.05) is 11.8 Å². The Kier molecular flexibility index (Phi) is 11.4. The molecule has 6 heteroatoms. The average molecular weight is 702 g/mol. The molecule has 0 bridgehead atoms. The Morgan fingerprint density at radius 1 is 0.524 bits per heavy atom. The molecular weight excluding hydrogens is 671 g/mol. The molecule has 0 N–H and O–H groups in total. The van der Waals surface area contributed by atoms with Crippen molar-refractivity contribution in [3.05, 3.63) is 162 Å². The summed E-state index contributed by atoms with van der Waals surface area (Å²) in [5, 5.41) is 4.88. The second-order valence-electron chi connectivity index (χ2n) is 9.80. The lowest BCUT2D eigenvalue weighted by molar-refractivity contribution is -0.0000520. The van der Waals surface area contributed by atoms with Crippen LogP contribution in [0.25, 0.3) is 0 Å². The van der Waals surface area contributed by atoms with E-state index in [1.54, 1.807) is 24.3 Å². The lowest BCUT2D eigenvalue weighted by atomic mass is 10.1. The zero-order valence-corrected chi connectivity index (χ0v) is 27.1. The van der Waals surface area contributed by atoms with Crippen LogP contribution in [-0.2, 0) is 17.6 Å². The summed E-state index contributed by atoms with van der Waals surface area (Å²) in [7, 11) is -1.95. The highest BCUT2D eigenvalue weighted by Gasteiger charge is 2.44. The molecule has 0 aliphatic rings. The van der Waals surface area contributed by atoms with Crippen molar-refractivity contribution in [2.75, 3.05) is 11.5 Å². The molecule has 0 saturated heterocycles. The lowest BCUT2D eigenvalue weighted by Crippen LogP contribution is -3.00. The van der Waals surface area contributed by atoms with Gasteiger partial charge in [-0.2, -0.15) is 0 Å². The van der Waals surface area contributed by atoms with Gasteiger partial charge < -0.3 is 21.7 Å². The summed E-state index contributed by atoms with van der Waals surface area (Å²) in [5.41, 5.74) is 2.95. The Hall–Kier alpha value is -3.37. The van der Waals surface area contributed by atoms with Crippen molar-refractivity contribution in [1.82, 2.24) is 0 Å². The van der Waals surface area contributed by atoms with Crippen molar-refractivity contribution in [3.63, 3.8) is 0 Å². The number of carbonyl (C=O) groups excluding carboxylic acids is 2. The van der Waals surface area contributed by atoms with Crippen molar-refractivity contribution in [2.24, 2.45) is 0 Å². The van der Waals surface area contributed by atoms with Crippen LogP contribution in [0.2, 0.25) is 0 Å². The molecule has 0 aliphatic carbocycles. The zero-order valence-electron chi connectivity index (χ0n) is 23.0. The van der Waals surface area contributed by atoms with Gasteiger partial charge in [0.1, 0.15) is 23.2 Å². The van der Waals surface area contributed by atoms with E-state index in [-0.39, 0.29) is 17.0 Å². The van der Waals surface area contributed by atoms with Gasteiger partial charge in [-0.05, 0) is 78.2 Å². The molecule has 0 aliphatic heterocycles. The Morgan fingerprint density at radius 3 is 1.24 bits per heavy atom. The molecule has 0 unspecified atom stereocenters. The molecule has 5 aromatic rings. The van der Waals surface area contributed by atoms with E-state index >= 15 is 0 Å². The van der Waals surface area contributed by atoms with Gasteiger partial charge in [-0.3, -0.25) is 0 Å². The quantitative estimate of drug-likeness (QED) is 0.0952. The molecule has 0 spiro atoms. The molecule has 42 heavy (non-hydrogen) atoms. The standard InChI is InChI=1S/C36H31BrO3P.BrH/c37-26-24-28-16-20-30(21-17-28)35(38)40-36(39)31-22-18-29(19-23-31)25-27-41(32-10-4-1-5-11-32,33-12-6-2-7-13-33)34-14-8-3-9-15-34;/h1-23H,24-27H2;1H/q+1;/p-1. The van der Waals surface area contributed by atoms with Gasteiger partial charge in [0.15, 0.2) is 0 Å². The van der Waals surface area contributed by atoms with Crippen LogP contribution in [0, 0.1) is 0 Å². The minimum absolute atomic E-state index is 0. The van der Waals surface area contributed by atoms with Crippen molar-refractivity contribution in [3.8, 4) is 0 Å². The topological polar surface area (TPSA) is 43.4 Å². The molecule has 0 fully saturated rings. The third kappa shape index (κ3) is 7.33. The van der Waals surface area contributed by atoms with Crippen LogP contribution in [0.4, 0.5) is 0 Å². The fourth-order valence-corrected chi connectivity index (χ4v) is 9.87. The number of carbonyl (C=O) groups is 2. The maximum atomic E-state index is 12.7. The maximum absolute atomic E-state index is 12.7. The van der Waals surface area contributed by atoms with E-state index in [0.29, 0.717) is 11.1 Å². The second kappa shape index (κ2) is 15.2. The van der Waals surface area contributed by atoms with Gasteiger partial charge in [-0.25, -0.2) is 9.59 Å². The van der Waals surface area contributed by atoms with Crippen LogP contribution in [0.15, 0.2) is 140 Å². The molecule has 5 aromatic carbocycles. The number of hydrogen-bond acceptors (Lipinski definition) is 3. The van der Waals surface area contributed by atoms with Gasteiger partial charge >= 0.3 is 11.9 Å². The van der Waals surface area contributed by atoms with Crippen LogP contribution in [0.1, 0.15) is 31.8 Å². The lowest BCUT2D eigenvalue weighted by Gasteiger charge is -2.27. The number of alkyl halides is 1. The normalized spacial score (nSPS) is 10.9. The number of aryl methyl sites for hydroxylation is 2. The summed E-state index contributed by atoms with van der Waals surface area (Å²) >= 11 is 3.41. The molecule has 3 nitrogen and oxygen atoms in total. The van der Waals surface area contributed by atoms with Crippen LogP contribution in [-0.4, -0.2) is 23.4 Å². The maximum Gasteiger partial charge on any atom is 0.346 e. The molecule has 0 amide bonds. The molecule has 0 saturated carbocycles. The first kappa shape index (κ1) is 31.6.